The number of anilines is 1. The molecule has 32 heavy (non-hydrogen) atoms. The van der Waals surface area contributed by atoms with Crippen LogP contribution in [0.1, 0.15) is 38.3 Å². The van der Waals surface area contributed by atoms with Gasteiger partial charge in [0.25, 0.3) is 0 Å². The van der Waals surface area contributed by atoms with Gasteiger partial charge in [-0.3, -0.25) is 4.79 Å². The highest BCUT2D eigenvalue weighted by Gasteiger charge is 2.42. The van der Waals surface area contributed by atoms with Crippen molar-refractivity contribution in [3.05, 3.63) is 65.4 Å². The molecule has 7 heteroatoms. The Morgan fingerprint density at radius 2 is 1.78 bits per heavy atom. The quantitative estimate of drug-likeness (QED) is 0.651. The number of benzene rings is 2. The number of hydrogen-bond acceptors (Lipinski definition) is 6. The molecule has 2 heterocycles. The average molecular weight is 431 g/mol. The number of carbonyl (C=O) groups is 1. The third kappa shape index (κ3) is 3.43. The molecule has 0 saturated carbocycles. The van der Waals surface area contributed by atoms with E-state index in [0.29, 0.717) is 18.2 Å². The van der Waals surface area contributed by atoms with Gasteiger partial charge >= 0.3 is 0 Å². The summed E-state index contributed by atoms with van der Waals surface area (Å²) in [7, 11) is 3.28. The molecule has 164 valence electrons. The molecule has 5 rings (SSSR count). The van der Waals surface area contributed by atoms with E-state index in [1.54, 1.807) is 14.2 Å². The molecule has 0 amide bonds. The van der Waals surface area contributed by atoms with E-state index in [0.717, 1.165) is 40.3 Å². The molecule has 0 radical (unpaired) electrons. The van der Waals surface area contributed by atoms with Crippen molar-refractivity contribution in [1.29, 1.82) is 0 Å². The van der Waals surface area contributed by atoms with Crippen molar-refractivity contribution in [2.24, 2.45) is 5.41 Å². The molecule has 2 aromatic carbocycles. The van der Waals surface area contributed by atoms with Crippen LogP contribution in [0.5, 0.6) is 11.5 Å². The molecule has 1 aliphatic heterocycles. The second kappa shape index (κ2) is 7.51. The summed E-state index contributed by atoms with van der Waals surface area (Å²) in [5.41, 5.74) is 3.40. The second-order valence-electron chi connectivity index (χ2n) is 9.07. The topological polar surface area (TPSA) is 78.3 Å². The van der Waals surface area contributed by atoms with Gasteiger partial charge in [0.1, 0.15) is 17.5 Å². The van der Waals surface area contributed by atoms with Crippen molar-refractivity contribution in [2.75, 3.05) is 19.5 Å². The average Bonchev–Trinajstić information content (AvgIpc) is 3.20. The summed E-state index contributed by atoms with van der Waals surface area (Å²) in [4.78, 5) is 18.1. The zero-order valence-corrected chi connectivity index (χ0v) is 18.7. The molecular weight excluding hydrogens is 404 g/mol. The van der Waals surface area contributed by atoms with Crippen LogP contribution in [0.3, 0.4) is 0 Å². The molecule has 1 atom stereocenters. The van der Waals surface area contributed by atoms with Crippen molar-refractivity contribution < 1.29 is 14.3 Å². The van der Waals surface area contributed by atoms with Crippen LogP contribution in [0, 0.1) is 5.41 Å². The molecule has 0 spiro atoms. The molecule has 1 unspecified atom stereocenters. The standard InChI is InChI=1S/C25H26N4O3/c1-25(2)13-19-21(20(30)14-25)22(16-6-5-7-18(12-16)32-4)29-24(26-19)27-23(28-29)15-8-10-17(31-3)11-9-15/h5-12,22H,13-14H2,1-4H3,(H,26,27,28). The highest BCUT2D eigenvalue weighted by molar-refractivity contribution is 6.00. The molecule has 0 bridgehead atoms. The van der Waals surface area contributed by atoms with Crippen LogP contribution in [0.2, 0.25) is 0 Å². The van der Waals surface area contributed by atoms with Crippen molar-refractivity contribution in [3.63, 3.8) is 0 Å². The van der Waals surface area contributed by atoms with Gasteiger partial charge < -0.3 is 14.8 Å². The number of aromatic nitrogens is 3. The first-order valence-corrected chi connectivity index (χ1v) is 10.7. The highest BCUT2D eigenvalue weighted by atomic mass is 16.5. The van der Waals surface area contributed by atoms with Gasteiger partial charge in [-0.25, -0.2) is 4.68 Å². The summed E-state index contributed by atoms with van der Waals surface area (Å²) in [6, 6.07) is 15.1. The predicted molar refractivity (Wildman–Crippen MR) is 122 cm³/mol. The van der Waals surface area contributed by atoms with E-state index in [2.05, 4.69) is 19.2 Å². The van der Waals surface area contributed by atoms with Gasteiger partial charge in [-0.15, -0.1) is 5.10 Å². The lowest BCUT2D eigenvalue weighted by Gasteiger charge is -2.38. The van der Waals surface area contributed by atoms with Gasteiger partial charge in [0, 0.05) is 23.3 Å². The van der Waals surface area contributed by atoms with E-state index in [1.807, 2.05) is 53.2 Å². The number of ketones is 1. The summed E-state index contributed by atoms with van der Waals surface area (Å²) in [5.74, 6) is 2.88. The summed E-state index contributed by atoms with van der Waals surface area (Å²) in [6.45, 7) is 4.25. The lowest BCUT2D eigenvalue weighted by molar-refractivity contribution is -0.118. The van der Waals surface area contributed by atoms with Crippen molar-refractivity contribution in [3.8, 4) is 22.9 Å². The van der Waals surface area contributed by atoms with Crippen molar-refractivity contribution in [2.45, 2.75) is 32.7 Å². The number of methoxy groups -OCH3 is 2. The number of carbonyl (C=O) groups excluding carboxylic acids is 1. The maximum atomic E-state index is 13.3. The fourth-order valence-corrected chi connectivity index (χ4v) is 4.59. The fraction of sp³-hybridized carbons (Fsp3) is 0.320. The van der Waals surface area contributed by atoms with Crippen LogP contribution in [-0.4, -0.2) is 34.8 Å². The number of hydrogen-bond donors (Lipinski definition) is 1. The molecule has 3 aromatic rings. The Kier molecular flexibility index (Phi) is 4.77. The second-order valence-corrected chi connectivity index (χ2v) is 9.07. The van der Waals surface area contributed by atoms with Gasteiger partial charge in [0.05, 0.1) is 14.2 Å². The molecule has 0 fully saturated rings. The smallest absolute Gasteiger partial charge is 0.226 e. The molecular formula is C25H26N4O3. The monoisotopic (exact) mass is 430 g/mol. The maximum Gasteiger partial charge on any atom is 0.226 e. The maximum absolute atomic E-state index is 13.3. The zero-order chi connectivity index (χ0) is 22.5. The highest BCUT2D eigenvalue weighted by Crippen LogP contribution is 2.46. The minimum Gasteiger partial charge on any atom is -0.497 e. The largest absolute Gasteiger partial charge is 0.497 e. The first-order chi connectivity index (χ1) is 15.4. The van der Waals surface area contributed by atoms with Crippen molar-refractivity contribution in [1.82, 2.24) is 14.8 Å². The van der Waals surface area contributed by atoms with E-state index in [-0.39, 0.29) is 17.2 Å². The number of fused-ring (bicyclic) bond motifs is 1. The van der Waals surface area contributed by atoms with Gasteiger partial charge in [-0.05, 0) is 53.8 Å². The lowest BCUT2D eigenvalue weighted by Crippen LogP contribution is -2.36. The van der Waals surface area contributed by atoms with Crippen LogP contribution in [0.25, 0.3) is 11.4 Å². The lowest BCUT2D eigenvalue weighted by atomic mass is 9.73. The molecule has 1 N–H and O–H groups in total. The van der Waals surface area contributed by atoms with Crippen LogP contribution in [0.4, 0.5) is 5.95 Å². The third-order valence-electron chi connectivity index (χ3n) is 6.09. The number of allylic oxidation sites excluding steroid dienone is 2. The van der Waals surface area contributed by atoms with Gasteiger partial charge in [-0.1, -0.05) is 26.0 Å². The van der Waals surface area contributed by atoms with E-state index < -0.39 is 0 Å². The molecule has 1 aromatic heterocycles. The molecule has 1 aliphatic carbocycles. The van der Waals surface area contributed by atoms with Crippen LogP contribution in [-0.2, 0) is 4.79 Å². The minimum absolute atomic E-state index is 0.108. The summed E-state index contributed by atoms with van der Waals surface area (Å²) >= 11 is 0. The van der Waals surface area contributed by atoms with Crippen LogP contribution in [0.15, 0.2) is 59.8 Å². The molecule has 2 aliphatic rings. The summed E-state index contributed by atoms with van der Waals surface area (Å²) in [5, 5.41) is 8.24. The predicted octanol–water partition coefficient (Wildman–Crippen LogP) is 4.62. The van der Waals surface area contributed by atoms with E-state index in [1.165, 1.54) is 0 Å². The van der Waals surface area contributed by atoms with Crippen molar-refractivity contribution >= 4 is 11.7 Å². The Hall–Kier alpha value is -3.61. The number of nitrogens with zero attached hydrogens (tertiary/aromatic N) is 3. The third-order valence-corrected chi connectivity index (χ3v) is 6.09. The summed E-state index contributed by atoms with van der Waals surface area (Å²) < 4.78 is 12.5. The van der Waals surface area contributed by atoms with Gasteiger partial charge in [0.2, 0.25) is 5.95 Å². The molecule has 7 nitrogen and oxygen atoms in total. The van der Waals surface area contributed by atoms with E-state index >= 15 is 0 Å². The number of Topliss-reactive ketones (excluding diaryl/α,β-unsaturated/α-hetero) is 1. The SMILES string of the molecule is COc1ccc(-c2nc3n(n2)C(c2cccc(OC)c2)C2=C(CC(C)(C)CC2=O)N3)cc1. The number of nitrogens with one attached hydrogen (secondary N) is 1. The summed E-state index contributed by atoms with van der Waals surface area (Å²) in [6.07, 6.45) is 1.28. The van der Waals surface area contributed by atoms with Gasteiger partial charge in [0.15, 0.2) is 11.6 Å². The van der Waals surface area contributed by atoms with E-state index in [9.17, 15) is 4.79 Å². The first-order valence-electron chi connectivity index (χ1n) is 10.7. The van der Waals surface area contributed by atoms with Crippen LogP contribution < -0.4 is 14.8 Å². The fourth-order valence-electron chi connectivity index (χ4n) is 4.59. The zero-order valence-electron chi connectivity index (χ0n) is 18.7. The Bertz CT molecular complexity index is 1220. The normalized spacial score (nSPS) is 19.1. The Balaban J connectivity index is 1.65. The Labute approximate surface area is 187 Å². The van der Waals surface area contributed by atoms with Crippen LogP contribution >= 0.6 is 0 Å². The first kappa shape index (κ1) is 20.3. The Morgan fingerprint density at radius 3 is 2.50 bits per heavy atom. The Morgan fingerprint density at radius 1 is 1.03 bits per heavy atom. The van der Waals surface area contributed by atoms with Gasteiger partial charge in [-0.2, -0.15) is 4.98 Å². The molecule has 0 saturated heterocycles. The number of ether oxygens (including phenoxy) is 2. The minimum atomic E-state index is -0.362. The number of rotatable bonds is 4. The van der Waals surface area contributed by atoms with E-state index in [4.69, 9.17) is 19.6 Å².